The summed E-state index contributed by atoms with van der Waals surface area (Å²) in [7, 11) is 3.43. The van der Waals surface area contributed by atoms with E-state index < -0.39 is 0 Å². The Morgan fingerprint density at radius 1 is 0.711 bits per heavy atom. The van der Waals surface area contributed by atoms with Crippen LogP contribution in [0.25, 0.3) is 11.1 Å². The van der Waals surface area contributed by atoms with E-state index >= 15 is 0 Å². The molecule has 1 aliphatic rings. The van der Waals surface area contributed by atoms with Gasteiger partial charge < -0.3 is 14.8 Å². The van der Waals surface area contributed by atoms with Gasteiger partial charge in [0.25, 0.3) is 0 Å². The van der Waals surface area contributed by atoms with Crippen LogP contribution in [0.15, 0.2) is 85.0 Å². The van der Waals surface area contributed by atoms with Crippen LogP contribution >= 0.6 is 0 Å². The molecule has 0 spiro atoms. The number of rotatable bonds is 11. The Morgan fingerprint density at radius 3 is 1.82 bits per heavy atom. The van der Waals surface area contributed by atoms with E-state index in [0.29, 0.717) is 5.41 Å². The Labute approximate surface area is 230 Å². The van der Waals surface area contributed by atoms with Crippen LogP contribution in [0.4, 0.5) is 11.4 Å². The second kappa shape index (κ2) is 14.5. The van der Waals surface area contributed by atoms with E-state index in [-0.39, 0.29) is 0 Å². The number of hydrogen-bond donors (Lipinski definition) is 1. The molecular weight excluding hydrogens is 466 g/mol. The van der Waals surface area contributed by atoms with Crippen LogP contribution in [0.3, 0.4) is 0 Å². The lowest BCUT2D eigenvalue weighted by Gasteiger charge is -2.15. The predicted molar refractivity (Wildman–Crippen MR) is 164 cm³/mol. The molecule has 0 saturated heterocycles. The van der Waals surface area contributed by atoms with Crippen LogP contribution in [-0.4, -0.2) is 14.2 Å². The van der Waals surface area contributed by atoms with Gasteiger partial charge in [0.2, 0.25) is 0 Å². The second-order valence-electron chi connectivity index (χ2n) is 10.5. The fourth-order valence-corrected chi connectivity index (χ4v) is 4.54. The third-order valence-electron chi connectivity index (χ3n) is 6.90. The Hall–Kier alpha value is -3.46. The fraction of sp³-hybridized carbons (Fsp3) is 0.371. The number of ether oxygens (including phenoxy) is 2. The highest BCUT2D eigenvalue weighted by Crippen LogP contribution is 2.37. The smallest absolute Gasteiger partial charge is 0.127 e. The van der Waals surface area contributed by atoms with Gasteiger partial charge in [0, 0.05) is 22.4 Å². The van der Waals surface area contributed by atoms with E-state index in [1.54, 1.807) is 14.2 Å². The van der Waals surface area contributed by atoms with Crippen LogP contribution in [-0.2, 0) is 12.8 Å². The van der Waals surface area contributed by atoms with Crippen molar-refractivity contribution in [3.63, 3.8) is 0 Å². The van der Waals surface area contributed by atoms with E-state index in [2.05, 4.69) is 118 Å². The van der Waals surface area contributed by atoms with E-state index in [1.165, 1.54) is 31.2 Å². The molecule has 0 aromatic heterocycles. The molecule has 0 aliphatic heterocycles. The van der Waals surface area contributed by atoms with Crippen LogP contribution in [0.1, 0.15) is 64.5 Å². The summed E-state index contributed by atoms with van der Waals surface area (Å²) < 4.78 is 11.2. The number of anilines is 2. The first-order valence-corrected chi connectivity index (χ1v) is 14.0. The largest absolute Gasteiger partial charge is 0.496 e. The maximum atomic E-state index is 5.65. The summed E-state index contributed by atoms with van der Waals surface area (Å²) in [4.78, 5) is 0. The fourth-order valence-electron chi connectivity index (χ4n) is 4.54. The monoisotopic (exact) mass is 511 g/mol. The van der Waals surface area contributed by atoms with Gasteiger partial charge in [-0.05, 0) is 72.4 Å². The van der Waals surface area contributed by atoms with Crippen molar-refractivity contribution in [2.24, 2.45) is 5.41 Å². The molecule has 0 amide bonds. The molecule has 3 heteroatoms. The highest BCUT2D eigenvalue weighted by molar-refractivity contribution is 5.75. The van der Waals surface area contributed by atoms with E-state index in [4.69, 9.17) is 9.47 Å². The van der Waals surface area contributed by atoms with Crippen LogP contribution < -0.4 is 14.8 Å². The van der Waals surface area contributed by atoms with E-state index in [0.717, 1.165) is 52.4 Å². The highest BCUT2D eigenvalue weighted by atomic mass is 16.5. The van der Waals surface area contributed by atoms with Crippen molar-refractivity contribution >= 4 is 11.4 Å². The quantitative estimate of drug-likeness (QED) is 0.260. The number of allylic oxidation sites excluding steroid dienone is 4. The third kappa shape index (κ3) is 8.55. The van der Waals surface area contributed by atoms with Crippen LogP contribution in [0, 0.1) is 5.41 Å². The number of unbranched alkanes of at least 4 members (excludes halogenated alkanes) is 3. The molecular formula is C35H45NO2. The molecule has 4 rings (SSSR count). The minimum atomic E-state index is 0.333. The minimum absolute atomic E-state index is 0.333. The molecule has 0 atom stereocenters. The molecule has 1 N–H and O–H groups in total. The number of aryl methyl sites for hydroxylation is 2. The van der Waals surface area contributed by atoms with Crippen LogP contribution in [0.5, 0.6) is 11.5 Å². The molecule has 3 aromatic carbocycles. The lowest BCUT2D eigenvalue weighted by atomic mass is 9.97. The van der Waals surface area contributed by atoms with Crippen molar-refractivity contribution in [2.75, 3.05) is 19.5 Å². The van der Waals surface area contributed by atoms with Gasteiger partial charge in [-0.25, -0.2) is 0 Å². The molecule has 0 heterocycles. The lowest BCUT2D eigenvalue weighted by Crippen LogP contribution is -1.97. The van der Waals surface area contributed by atoms with Gasteiger partial charge in [-0.2, -0.15) is 0 Å². The molecule has 202 valence electrons. The van der Waals surface area contributed by atoms with E-state index in [1.807, 2.05) is 0 Å². The first-order valence-electron chi connectivity index (χ1n) is 14.0. The Kier molecular flexibility index (Phi) is 11.1. The third-order valence-corrected chi connectivity index (χ3v) is 6.90. The maximum absolute atomic E-state index is 5.65. The molecule has 1 aliphatic carbocycles. The first kappa shape index (κ1) is 29.1. The molecule has 38 heavy (non-hydrogen) atoms. The van der Waals surface area contributed by atoms with Gasteiger partial charge in [-0.15, -0.1) is 0 Å². The Balaban J connectivity index is 0.000000494. The van der Waals surface area contributed by atoms with Gasteiger partial charge in [0.15, 0.2) is 0 Å². The topological polar surface area (TPSA) is 30.5 Å². The Bertz CT molecular complexity index is 1170. The van der Waals surface area contributed by atoms with Gasteiger partial charge in [0.1, 0.15) is 11.5 Å². The molecule has 0 saturated carbocycles. The summed E-state index contributed by atoms with van der Waals surface area (Å²) in [5.74, 6) is 1.77. The van der Waals surface area contributed by atoms with Gasteiger partial charge in [-0.1, -0.05) is 95.5 Å². The van der Waals surface area contributed by atoms with Crippen molar-refractivity contribution in [3.8, 4) is 22.6 Å². The summed E-state index contributed by atoms with van der Waals surface area (Å²) in [6.07, 6.45) is 15.8. The minimum Gasteiger partial charge on any atom is -0.496 e. The zero-order valence-electron chi connectivity index (χ0n) is 24.1. The summed E-state index contributed by atoms with van der Waals surface area (Å²) in [5, 5.41) is 3.50. The van der Waals surface area contributed by atoms with Crippen molar-refractivity contribution in [1.82, 2.24) is 0 Å². The lowest BCUT2D eigenvalue weighted by molar-refractivity contribution is 0.400. The summed E-state index contributed by atoms with van der Waals surface area (Å²) in [6, 6.07) is 21.4. The maximum Gasteiger partial charge on any atom is 0.127 e. The average Bonchev–Trinajstić information content (AvgIpc) is 3.35. The standard InChI is InChI=1S/C28H35NO2.C7H10/c1-5-7-8-9-10-21-11-15-24(16-12-21)29-25-17-13-23(14-18-25)26-20-27(30-3)22(6-2)19-28(26)31-4;1-7(2)5-3-4-6-7/h11-20,29H,5-10H2,1-4H3;3-6H,1-2H3. The number of nitrogens with one attached hydrogen (secondary N) is 1. The Morgan fingerprint density at radius 2 is 1.32 bits per heavy atom. The molecule has 0 unspecified atom stereocenters. The average molecular weight is 512 g/mol. The number of hydrogen-bond acceptors (Lipinski definition) is 3. The van der Waals surface area contributed by atoms with Gasteiger partial charge in [0.05, 0.1) is 14.2 Å². The molecule has 0 bridgehead atoms. The van der Waals surface area contributed by atoms with Gasteiger partial charge in [-0.3, -0.25) is 0 Å². The summed E-state index contributed by atoms with van der Waals surface area (Å²) in [6.45, 7) is 8.75. The number of methoxy groups -OCH3 is 2. The van der Waals surface area contributed by atoms with Crippen molar-refractivity contribution in [3.05, 3.63) is 96.1 Å². The first-order chi connectivity index (χ1) is 18.4. The zero-order chi connectivity index (χ0) is 27.4. The number of benzene rings is 3. The van der Waals surface area contributed by atoms with Gasteiger partial charge >= 0.3 is 0 Å². The summed E-state index contributed by atoms with van der Waals surface area (Å²) in [5.41, 5.74) is 7.21. The SMILES string of the molecule is CC1(C)C=CC=C1.CCCCCCc1ccc(Nc2ccc(-c3cc(OC)c(CC)cc3OC)cc2)cc1. The molecule has 3 aromatic rings. The van der Waals surface area contributed by atoms with Crippen molar-refractivity contribution < 1.29 is 9.47 Å². The van der Waals surface area contributed by atoms with E-state index in [9.17, 15) is 0 Å². The normalized spacial score (nSPS) is 13.1. The molecule has 0 fully saturated rings. The second-order valence-corrected chi connectivity index (χ2v) is 10.5. The summed E-state index contributed by atoms with van der Waals surface area (Å²) >= 11 is 0. The zero-order valence-corrected chi connectivity index (χ0v) is 24.1. The highest BCUT2D eigenvalue weighted by Gasteiger charge is 2.12. The predicted octanol–water partition coefficient (Wildman–Crippen LogP) is 9.94. The van der Waals surface area contributed by atoms with Crippen LogP contribution in [0.2, 0.25) is 0 Å². The van der Waals surface area contributed by atoms with Crippen molar-refractivity contribution in [1.29, 1.82) is 0 Å². The van der Waals surface area contributed by atoms with Crippen molar-refractivity contribution in [2.45, 2.75) is 66.2 Å². The molecule has 0 radical (unpaired) electrons. The molecule has 3 nitrogen and oxygen atoms in total.